The first-order chi connectivity index (χ1) is 15.7. The van der Waals surface area contributed by atoms with Crippen molar-refractivity contribution >= 4 is 11.0 Å². The number of para-hydroxylation sites is 2. The molecular formula is C28H36N4. The van der Waals surface area contributed by atoms with Crippen LogP contribution in [-0.2, 0) is 5.41 Å². The van der Waals surface area contributed by atoms with E-state index in [1.165, 1.54) is 62.8 Å². The molecule has 3 saturated heterocycles. The third-order valence-electron chi connectivity index (χ3n) is 8.79. The second kappa shape index (κ2) is 8.31. The molecule has 0 unspecified atom stereocenters. The van der Waals surface area contributed by atoms with Crippen molar-refractivity contribution in [3.05, 3.63) is 66.0 Å². The maximum Gasteiger partial charge on any atom is 0.106 e. The fourth-order valence-corrected chi connectivity index (χ4v) is 7.17. The molecule has 3 aliphatic rings. The lowest BCUT2D eigenvalue weighted by Gasteiger charge is -2.44. The maximum absolute atomic E-state index is 4.86. The Labute approximate surface area is 192 Å². The zero-order chi connectivity index (χ0) is 21.5. The number of rotatable bonds is 5. The summed E-state index contributed by atoms with van der Waals surface area (Å²) in [6, 6.07) is 22.1. The summed E-state index contributed by atoms with van der Waals surface area (Å²) >= 11 is 0. The molecule has 0 amide bonds. The molecule has 3 fully saturated rings. The number of fused-ring (bicyclic) bond motifs is 3. The lowest BCUT2D eigenvalue weighted by Crippen LogP contribution is -2.47. The molecule has 168 valence electrons. The second-order valence-electron chi connectivity index (χ2n) is 10.4. The molecule has 0 radical (unpaired) electrons. The number of nitrogens with one attached hydrogen (secondary N) is 1. The van der Waals surface area contributed by atoms with E-state index < -0.39 is 0 Å². The molecule has 2 aromatic carbocycles. The minimum absolute atomic E-state index is 0.347. The normalized spacial score (nSPS) is 27.7. The Morgan fingerprint density at radius 2 is 1.59 bits per heavy atom. The van der Waals surface area contributed by atoms with Gasteiger partial charge in [-0.3, -0.25) is 4.90 Å². The summed E-state index contributed by atoms with van der Waals surface area (Å²) in [5.41, 5.74) is 4.38. The average molecular weight is 429 g/mol. The van der Waals surface area contributed by atoms with Crippen molar-refractivity contribution in [3.63, 3.8) is 0 Å². The van der Waals surface area contributed by atoms with Crippen LogP contribution in [0, 0.1) is 6.92 Å². The van der Waals surface area contributed by atoms with Gasteiger partial charge in [-0.25, -0.2) is 4.98 Å². The van der Waals surface area contributed by atoms with E-state index >= 15 is 0 Å². The predicted molar refractivity (Wildman–Crippen MR) is 131 cm³/mol. The number of benzene rings is 2. The Hall–Kier alpha value is -2.17. The molecule has 32 heavy (non-hydrogen) atoms. The van der Waals surface area contributed by atoms with Gasteiger partial charge in [0.15, 0.2) is 0 Å². The first-order valence-electron chi connectivity index (χ1n) is 12.7. The van der Waals surface area contributed by atoms with Crippen molar-refractivity contribution in [3.8, 4) is 0 Å². The Balaban J connectivity index is 1.20. The third-order valence-corrected chi connectivity index (χ3v) is 8.79. The molecule has 3 aromatic rings. The summed E-state index contributed by atoms with van der Waals surface area (Å²) in [5.74, 6) is 1.18. The van der Waals surface area contributed by atoms with Crippen molar-refractivity contribution in [1.29, 1.82) is 0 Å². The molecule has 4 nitrogen and oxygen atoms in total. The molecule has 3 atom stereocenters. The summed E-state index contributed by atoms with van der Waals surface area (Å²) in [6.45, 7) is 5.74. The lowest BCUT2D eigenvalue weighted by atomic mass is 9.70. The molecule has 2 bridgehead atoms. The fraction of sp³-hybridized carbons (Fsp3) is 0.536. The lowest BCUT2D eigenvalue weighted by molar-refractivity contribution is 0.0929. The van der Waals surface area contributed by atoms with Crippen LogP contribution in [0.4, 0.5) is 0 Å². The summed E-state index contributed by atoms with van der Waals surface area (Å²) in [6.07, 6.45) is 9.12. The highest BCUT2D eigenvalue weighted by atomic mass is 15.2. The molecule has 0 aliphatic carbocycles. The van der Waals surface area contributed by atoms with Crippen LogP contribution in [0.25, 0.3) is 11.0 Å². The van der Waals surface area contributed by atoms with E-state index in [4.69, 9.17) is 4.98 Å². The van der Waals surface area contributed by atoms with E-state index in [1.54, 1.807) is 5.56 Å². The smallest absolute Gasteiger partial charge is 0.106 e. The topological polar surface area (TPSA) is 33.1 Å². The number of hydrogen-bond donors (Lipinski definition) is 1. The van der Waals surface area contributed by atoms with Crippen LogP contribution in [0.1, 0.15) is 62.4 Å². The quantitative estimate of drug-likeness (QED) is 0.604. The molecule has 4 heterocycles. The largest absolute Gasteiger partial charge is 0.325 e. The number of aryl methyl sites for hydroxylation is 1. The zero-order valence-electron chi connectivity index (χ0n) is 19.3. The van der Waals surface area contributed by atoms with Gasteiger partial charge in [-0.2, -0.15) is 0 Å². The first kappa shape index (κ1) is 20.4. The number of piperidine rings is 2. The van der Waals surface area contributed by atoms with Crippen molar-refractivity contribution in [2.24, 2.45) is 0 Å². The highest BCUT2D eigenvalue weighted by molar-refractivity contribution is 5.76. The van der Waals surface area contributed by atoms with Crippen LogP contribution in [0.15, 0.2) is 54.6 Å². The minimum Gasteiger partial charge on any atom is -0.325 e. The summed E-state index contributed by atoms with van der Waals surface area (Å²) in [4.78, 5) is 7.76. The number of hydrogen-bond acceptors (Lipinski definition) is 3. The van der Waals surface area contributed by atoms with Crippen LogP contribution >= 0.6 is 0 Å². The van der Waals surface area contributed by atoms with E-state index in [0.29, 0.717) is 11.5 Å². The molecule has 6 rings (SSSR count). The van der Waals surface area contributed by atoms with Gasteiger partial charge >= 0.3 is 0 Å². The zero-order valence-corrected chi connectivity index (χ0v) is 19.3. The van der Waals surface area contributed by atoms with Gasteiger partial charge in [0, 0.05) is 18.1 Å². The van der Waals surface area contributed by atoms with Gasteiger partial charge < -0.3 is 9.88 Å². The summed E-state index contributed by atoms with van der Waals surface area (Å²) < 4.78 is 2.55. The van der Waals surface area contributed by atoms with Gasteiger partial charge in [-0.15, -0.1) is 0 Å². The molecule has 3 aliphatic heterocycles. The monoisotopic (exact) mass is 428 g/mol. The van der Waals surface area contributed by atoms with Gasteiger partial charge in [0.25, 0.3) is 0 Å². The van der Waals surface area contributed by atoms with Gasteiger partial charge in [0.2, 0.25) is 0 Å². The predicted octanol–water partition coefficient (Wildman–Crippen LogP) is 5.22. The van der Waals surface area contributed by atoms with Gasteiger partial charge in [0.05, 0.1) is 11.0 Å². The Morgan fingerprint density at radius 3 is 2.34 bits per heavy atom. The van der Waals surface area contributed by atoms with Gasteiger partial charge in [0.1, 0.15) is 5.82 Å². The maximum atomic E-state index is 4.86. The van der Waals surface area contributed by atoms with Gasteiger partial charge in [-0.1, -0.05) is 42.5 Å². The molecule has 0 spiro atoms. The van der Waals surface area contributed by atoms with Crippen LogP contribution < -0.4 is 5.32 Å². The first-order valence-corrected chi connectivity index (χ1v) is 12.7. The van der Waals surface area contributed by atoms with Crippen LogP contribution in [0.3, 0.4) is 0 Å². The molecule has 1 aromatic heterocycles. The van der Waals surface area contributed by atoms with Crippen LogP contribution in [-0.4, -0.2) is 46.2 Å². The molecule has 4 heteroatoms. The second-order valence-corrected chi connectivity index (χ2v) is 10.4. The highest BCUT2D eigenvalue weighted by Gasteiger charge is 2.43. The standard InChI is InChI=1S/C28H36N4/c1-21-30-26-9-5-6-10-27(26)32(21)25-19-23-11-12-24(20-25)31(23)18-15-28(13-16-29-17-14-28)22-7-3-2-4-8-22/h2-10,23-25,29H,11-20H2,1H3/t23-,24+,25+. The SMILES string of the molecule is Cc1nc2ccccc2n1[C@H]1C[C@H]2CC[C@@H](C1)N2CCC1(c2ccccc2)CCNCC1. The number of imidazole rings is 1. The Bertz CT molecular complexity index is 1050. The fourth-order valence-electron chi connectivity index (χ4n) is 7.17. The van der Waals surface area contributed by atoms with E-state index in [2.05, 4.69) is 76.3 Å². The van der Waals surface area contributed by atoms with E-state index in [1.807, 2.05) is 0 Å². The van der Waals surface area contributed by atoms with Crippen molar-refractivity contribution in [2.75, 3.05) is 19.6 Å². The molecule has 0 saturated carbocycles. The molecule has 1 N–H and O–H groups in total. The summed E-state index contributed by atoms with van der Waals surface area (Å²) in [7, 11) is 0. The average Bonchev–Trinajstić information content (AvgIpc) is 3.30. The molecular weight excluding hydrogens is 392 g/mol. The number of aromatic nitrogens is 2. The summed E-state index contributed by atoms with van der Waals surface area (Å²) in [5, 5.41) is 3.60. The van der Waals surface area contributed by atoms with Crippen molar-refractivity contribution in [2.45, 2.75) is 75.4 Å². The Morgan fingerprint density at radius 1 is 0.906 bits per heavy atom. The van der Waals surface area contributed by atoms with E-state index in [-0.39, 0.29) is 0 Å². The van der Waals surface area contributed by atoms with Crippen molar-refractivity contribution in [1.82, 2.24) is 19.8 Å². The van der Waals surface area contributed by atoms with Crippen molar-refractivity contribution < 1.29 is 0 Å². The third kappa shape index (κ3) is 3.48. The van der Waals surface area contributed by atoms with E-state index in [9.17, 15) is 0 Å². The number of nitrogens with zero attached hydrogens (tertiary/aromatic N) is 3. The Kier molecular flexibility index (Phi) is 5.31. The van der Waals surface area contributed by atoms with Crippen LogP contribution in [0.2, 0.25) is 0 Å². The van der Waals surface area contributed by atoms with E-state index in [0.717, 1.165) is 30.7 Å². The van der Waals surface area contributed by atoms with Gasteiger partial charge in [-0.05, 0) is 94.6 Å². The van der Waals surface area contributed by atoms with Crippen LogP contribution in [0.5, 0.6) is 0 Å². The minimum atomic E-state index is 0.347. The highest BCUT2D eigenvalue weighted by Crippen LogP contribution is 2.44.